The SMILES string of the molecule is CC(=O)OC1CC2(O)C3CCC4CC(NC(=O)CN5CCOCC5)CCC4(C)C3CCC2(C)C1C1=CC(=O)OC1. The van der Waals surface area contributed by atoms with Gasteiger partial charge in [-0.1, -0.05) is 13.8 Å². The maximum absolute atomic E-state index is 12.8. The summed E-state index contributed by atoms with van der Waals surface area (Å²) in [5.41, 5.74) is -0.528. The number of esters is 2. The number of fused-ring (bicyclic) bond motifs is 5. The minimum atomic E-state index is -0.982. The highest BCUT2D eigenvalue weighted by molar-refractivity contribution is 5.85. The third-order valence-corrected chi connectivity index (χ3v) is 12.1. The number of morpholine rings is 1. The van der Waals surface area contributed by atoms with Crippen LogP contribution in [0.15, 0.2) is 11.6 Å². The Bertz CT molecular complexity index is 1070. The summed E-state index contributed by atoms with van der Waals surface area (Å²) in [7, 11) is 0. The lowest BCUT2D eigenvalue weighted by Gasteiger charge is -2.63. The number of hydrogen-bond donors (Lipinski definition) is 2. The van der Waals surface area contributed by atoms with Gasteiger partial charge in [-0.2, -0.15) is 0 Å². The first kappa shape index (κ1) is 28.2. The molecule has 5 fully saturated rings. The fourth-order valence-electron chi connectivity index (χ4n) is 10.1. The molecule has 6 aliphatic rings. The third kappa shape index (κ3) is 4.60. The molecule has 2 aliphatic heterocycles. The highest BCUT2D eigenvalue weighted by Gasteiger charge is 2.71. The molecule has 0 aromatic heterocycles. The topological polar surface area (TPSA) is 114 Å². The Morgan fingerprint density at radius 1 is 1.12 bits per heavy atom. The average molecular weight is 559 g/mol. The Hall–Kier alpha value is -1.97. The van der Waals surface area contributed by atoms with Crippen molar-refractivity contribution >= 4 is 17.8 Å². The molecule has 40 heavy (non-hydrogen) atoms. The third-order valence-electron chi connectivity index (χ3n) is 12.1. The minimum Gasteiger partial charge on any atom is -0.462 e. The number of nitrogens with one attached hydrogen (secondary N) is 1. The first-order chi connectivity index (χ1) is 19.0. The molecule has 0 bridgehead atoms. The normalized spacial score (nSPS) is 45.0. The lowest BCUT2D eigenvalue weighted by Crippen LogP contribution is -2.62. The van der Waals surface area contributed by atoms with Crippen LogP contribution < -0.4 is 5.32 Å². The van der Waals surface area contributed by atoms with Crippen molar-refractivity contribution in [2.45, 2.75) is 89.9 Å². The molecule has 2 heterocycles. The van der Waals surface area contributed by atoms with E-state index in [1.807, 2.05) is 0 Å². The van der Waals surface area contributed by atoms with Crippen LogP contribution in [0.5, 0.6) is 0 Å². The van der Waals surface area contributed by atoms with E-state index in [4.69, 9.17) is 14.2 Å². The van der Waals surface area contributed by atoms with Crippen LogP contribution in [0.3, 0.4) is 0 Å². The van der Waals surface area contributed by atoms with E-state index in [9.17, 15) is 19.5 Å². The number of cyclic esters (lactones) is 1. The summed E-state index contributed by atoms with van der Waals surface area (Å²) in [6.07, 6.45) is 8.28. The number of carbonyl (C=O) groups excluding carboxylic acids is 3. The second kappa shape index (κ2) is 10.4. The summed E-state index contributed by atoms with van der Waals surface area (Å²) in [4.78, 5) is 39.1. The molecule has 4 saturated carbocycles. The van der Waals surface area contributed by atoms with Gasteiger partial charge in [0.25, 0.3) is 0 Å². The van der Waals surface area contributed by atoms with Gasteiger partial charge in [-0.05, 0) is 73.7 Å². The van der Waals surface area contributed by atoms with Crippen LogP contribution in [-0.4, -0.2) is 85.1 Å². The summed E-state index contributed by atoms with van der Waals surface area (Å²) in [6, 6.07) is 0.205. The van der Waals surface area contributed by atoms with E-state index in [0.717, 1.165) is 63.6 Å². The summed E-state index contributed by atoms with van der Waals surface area (Å²) >= 11 is 0. The van der Waals surface area contributed by atoms with Crippen molar-refractivity contribution in [1.82, 2.24) is 10.2 Å². The molecule has 1 amide bonds. The second-order valence-corrected chi connectivity index (χ2v) is 14.0. The Morgan fingerprint density at radius 3 is 2.60 bits per heavy atom. The predicted molar refractivity (Wildman–Crippen MR) is 146 cm³/mol. The molecule has 9 atom stereocenters. The van der Waals surface area contributed by atoms with Gasteiger partial charge in [0.05, 0.1) is 25.4 Å². The summed E-state index contributed by atoms with van der Waals surface area (Å²) in [6.45, 7) is 9.64. The number of aliphatic hydroxyl groups is 1. The molecule has 1 saturated heterocycles. The smallest absolute Gasteiger partial charge is 0.331 e. The zero-order valence-corrected chi connectivity index (χ0v) is 24.3. The van der Waals surface area contributed by atoms with Crippen LogP contribution in [-0.2, 0) is 28.6 Å². The number of carbonyl (C=O) groups is 3. The maximum atomic E-state index is 12.8. The zero-order valence-electron chi connectivity index (χ0n) is 24.3. The van der Waals surface area contributed by atoms with E-state index in [-0.39, 0.29) is 47.7 Å². The fraction of sp³-hybridized carbons (Fsp3) is 0.839. The quantitative estimate of drug-likeness (QED) is 0.495. The molecule has 4 aliphatic carbocycles. The molecule has 9 unspecified atom stereocenters. The zero-order chi connectivity index (χ0) is 28.3. The number of ether oxygens (including phenoxy) is 3. The monoisotopic (exact) mass is 558 g/mol. The van der Waals surface area contributed by atoms with Crippen molar-refractivity contribution in [3.63, 3.8) is 0 Å². The highest BCUT2D eigenvalue weighted by atomic mass is 16.5. The van der Waals surface area contributed by atoms with Gasteiger partial charge in [0.15, 0.2) is 0 Å². The van der Waals surface area contributed by atoms with Gasteiger partial charge in [0, 0.05) is 49.9 Å². The number of rotatable bonds is 5. The molecule has 9 nitrogen and oxygen atoms in total. The maximum Gasteiger partial charge on any atom is 0.331 e. The fourth-order valence-corrected chi connectivity index (χ4v) is 10.1. The molecule has 0 aromatic rings. The summed E-state index contributed by atoms with van der Waals surface area (Å²) in [5.74, 6) is 0.178. The van der Waals surface area contributed by atoms with Crippen molar-refractivity contribution in [1.29, 1.82) is 0 Å². The standard InChI is InChI=1S/C31H46N2O7/c1-19(34)40-25-16-31(37)24-5-4-21-15-22(32-26(35)17-33-10-12-38-13-11-33)6-8-29(21,2)23(24)7-9-30(31,3)28(25)20-14-27(36)39-18-20/h14,21-25,28,37H,4-13,15-18H2,1-3H3,(H,32,35). The van der Waals surface area contributed by atoms with Crippen molar-refractivity contribution in [3.05, 3.63) is 11.6 Å². The van der Waals surface area contributed by atoms with E-state index in [1.54, 1.807) is 6.08 Å². The van der Waals surface area contributed by atoms with Crippen LogP contribution in [0.2, 0.25) is 0 Å². The predicted octanol–water partition coefficient (Wildman–Crippen LogP) is 2.60. The van der Waals surface area contributed by atoms with E-state index in [1.165, 1.54) is 6.92 Å². The number of hydrogen-bond acceptors (Lipinski definition) is 8. The Labute approximate surface area is 237 Å². The van der Waals surface area contributed by atoms with Crippen molar-refractivity contribution in [2.24, 2.45) is 34.5 Å². The van der Waals surface area contributed by atoms with E-state index in [2.05, 4.69) is 24.1 Å². The van der Waals surface area contributed by atoms with Gasteiger partial charge in [0.1, 0.15) is 12.7 Å². The van der Waals surface area contributed by atoms with Crippen molar-refractivity contribution < 1.29 is 33.7 Å². The Morgan fingerprint density at radius 2 is 1.90 bits per heavy atom. The van der Waals surface area contributed by atoms with Crippen LogP contribution >= 0.6 is 0 Å². The molecule has 9 heteroatoms. The lowest BCUT2D eigenvalue weighted by molar-refractivity contribution is -0.205. The van der Waals surface area contributed by atoms with Gasteiger partial charge in [-0.25, -0.2) is 4.79 Å². The minimum absolute atomic E-state index is 0.103. The molecule has 2 N–H and O–H groups in total. The molecule has 6 rings (SSSR count). The molecule has 0 aromatic carbocycles. The largest absolute Gasteiger partial charge is 0.462 e. The molecule has 0 radical (unpaired) electrons. The van der Waals surface area contributed by atoms with Gasteiger partial charge in [-0.3, -0.25) is 14.5 Å². The highest BCUT2D eigenvalue weighted by Crippen LogP contribution is 2.70. The molecular formula is C31H46N2O7. The van der Waals surface area contributed by atoms with Crippen LogP contribution in [0, 0.1) is 34.5 Å². The lowest BCUT2D eigenvalue weighted by atomic mass is 9.43. The summed E-state index contributed by atoms with van der Waals surface area (Å²) < 4.78 is 16.5. The first-order valence-electron chi connectivity index (χ1n) is 15.4. The molecule has 0 spiro atoms. The Balaban J connectivity index is 1.18. The average Bonchev–Trinajstić information content (AvgIpc) is 3.41. The van der Waals surface area contributed by atoms with Crippen LogP contribution in [0.4, 0.5) is 0 Å². The number of amides is 1. The van der Waals surface area contributed by atoms with Gasteiger partial charge >= 0.3 is 11.9 Å². The van der Waals surface area contributed by atoms with E-state index < -0.39 is 17.1 Å². The Kier molecular flexibility index (Phi) is 7.31. The van der Waals surface area contributed by atoms with Gasteiger partial charge in [-0.15, -0.1) is 0 Å². The van der Waals surface area contributed by atoms with Crippen molar-refractivity contribution in [3.8, 4) is 0 Å². The number of nitrogens with zero attached hydrogens (tertiary/aromatic N) is 1. The molecular weight excluding hydrogens is 512 g/mol. The van der Waals surface area contributed by atoms with Gasteiger partial charge < -0.3 is 24.6 Å². The molecule has 222 valence electrons. The summed E-state index contributed by atoms with van der Waals surface area (Å²) in [5, 5.41) is 16.0. The van der Waals surface area contributed by atoms with Crippen LogP contribution in [0.1, 0.15) is 72.1 Å². The van der Waals surface area contributed by atoms with Crippen LogP contribution in [0.25, 0.3) is 0 Å². The second-order valence-electron chi connectivity index (χ2n) is 14.0. The van der Waals surface area contributed by atoms with Crippen molar-refractivity contribution in [2.75, 3.05) is 39.5 Å². The first-order valence-corrected chi connectivity index (χ1v) is 15.4. The van der Waals surface area contributed by atoms with E-state index >= 15 is 0 Å². The van der Waals surface area contributed by atoms with Gasteiger partial charge in [0.2, 0.25) is 5.91 Å². The van der Waals surface area contributed by atoms with E-state index in [0.29, 0.717) is 38.0 Å².